The summed E-state index contributed by atoms with van der Waals surface area (Å²) in [5.41, 5.74) is -1.08. The highest BCUT2D eigenvalue weighted by Crippen LogP contribution is 2.34. The molecule has 1 N–H and O–H groups in total. The first-order valence-corrected chi connectivity index (χ1v) is 6.51. The number of ether oxygens (including phenoxy) is 3. The van der Waals surface area contributed by atoms with Gasteiger partial charge in [-0.05, 0) is 6.07 Å². The van der Waals surface area contributed by atoms with E-state index in [1.807, 2.05) is 4.98 Å². The molecule has 2 heterocycles. The maximum atomic E-state index is 13.4. The summed E-state index contributed by atoms with van der Waals surface area (Å²) in [5.74, 6) is -0.00488. The first-order valence-electron chi connectivity index (χ1n) is 6.51. The predicted octanol–water partition coefficient (Wildman–Crippen LogP) is 0.792. The van der Waals surface area contributed by atoms with Gasteiger partial charge in [-0.1, -0.05) is 12.1 Å². The van der Waals surface area contributed by atoms with Gasteiger partial charge in [0.05, 0.1) is 19.9 Å². The number of benzene rings is 1. The van der Waals surface area contributed by atoms with Gasteiger partial charge in [-0.15, -0.1) is 0 Å². The Kier molecular flexibility index (Phi) is 3.68. The molecule has 0 aliphatic carbocycles. The van der Waals surface area contributed by atoms with Crippen LogP contribution in [0.3, 0.4) is 0 Å². The quantitative estimate of drug-likeness (QED) is 0.887. The molecule has 0 bridgehead atoms. The molecule has 0 unspecified atom stereocenters. The summed E-state index contributed by atoms with van der Waals surface area (Å²) in [6.45, 7) is 0.128. The maximum absolute atomic E-state index is 13.4. The number of methoxy groups -OCH3 is 1. The second-order valence-electron chi connectivity index (χ2n) is 4.67. The van der Waals surface area contributed by atoms with Gasteiger partial charge in [0.25, 0.3) is 5.56 Å². The Morgan fingerprint density at radius 3 is 3.00 bits per heavy atom. The molecule has 1 aromatic carbocycles. The summed E-state index contributed by atoms with van der Waals surface area (Å²) in [4.78, 5) is 24.7. The van der Waals surface area contributed by atoms with Crippen molar-refractivity contribution in [2.24, 2.45) is 0 Å². The van der Waals surface area contributed by atoms with Crippen molar-refractivity contribution in [2.45, 2.75) is 12.8 Å². The van der Waals surface area contributed by atoms with E-state index in [0.717, 1.165) is 16.3 Å². The van der Waals surface area contributed by atoms with Gasteiger partial charge in [0.2, 0.25) is 5.82 Å². The number of hydrogen-bond acceptors (Lipinski definition) is 5. The van der Waals surface area contributed by atoms with Crippen molar-refractivity contribution < 1.29 is 18.6 Å². The van der Waals surface area contributed by atoms with Crippen molar-refractivity contribution >= 4 is 0 Å². The van der Waals surface area contributed by atoms with E-state index in [-0.39, 0.29) is 13.2 Å². The van der Waals surface area contributed by atoms with Crippen LogP contribution in [-0.2, 0) is 11.3 Å². The topological polar surface area (TPSA) is 82.5 Å². The van der Waals surface area contributed by atoms with Crippen LogP contribution in [0.15, 0.2) is 34.0 Å². The van der Waals surface area contributed by atoms with Crippen LogP contribution in [0, 0.1) is 5.82 Å². The number of nitrogens with zero attached hydrogens (tertiary/aromatic N) is 1. The molecule has 116 valence electrons. The van der Waals surface area contributed by atoms with E-state index in [2.05, 4.69) is 0 Å². The third-order valence-corrected chi connectivity index (χ3v) is 3.32. The summed E-state index contributed by atoms with van der Waals surface area (Å²) in [6.07, 6.45) is -0.0569. The number of H-pyrrole nitrogens is 1. The fraction of sp³-hybridized carbons (Fsp3) is 0.286. The van der Waals surface area contributed by atoms with E-state index >= 15 is 0 Å². The number of rotatable bonds is 2. The summed E-state index contributed by atoms with van der Waals surface area (Å²) < 4.78 is 30.8. The Morgan fingerprint density at radius 2 is 2.23 bits per heavy atom. The predicted molar refractivity (Wildman–Crippen MR) is 73.6 cm³/mol. The molecule has 7 nitrogen and oxygen atoms in total. The summed E-state index contributed by atoms with van der Waals surface area (Å²) in [5, 5.41) is 0. The fourth-order valence-corrected chi connectivity index (χ4v) is 2.22. The van der Waals surface area contributed by atoms with Crippen molar-refractivity contribution in [1.29, 1.82) is 0 Å². The third kappa shape index (κ3) is 2.48. The minimum atomic E-state index is -1.07. The SMILES string of the molecule is COc1cccc2c1OC[C@H](n1cc(F)c(=O)[nH]c1=O)OC2. The van der Waals surface area contributed by atoms with Crippen molar-refractivity contribution in [3.8, 4) is 11.5 Å². The summed E-state index contributed by atoms with van der Waals surface area (Å²) in [6, 6.07) is 5.33. The van der Waals surface area contributed by atoms with Crippen LogP contribution in [0.25, 0.3) is 0 Å². The Morgan fingerprint density at radius 1 is 1.41 bits per heavy atom. The number of aromatic amines is 1. The molecule has 0 spiro atoms. The lowest BCUT2D eigenvalue weighted by molar-refractivity contribution is -0.0296. The molecule has 1 atom stereocenters. The minimum Gasteiger partial charge on any atom is -0.493 e. The summed E-state index contributed by atoms with van der Waals surface area (Å²) in [7, 11) is 1.52. The van der Waals surface area contributed by atoms with Gasteiger partial charge in [-0.25, -0.2) is 4.79 Å². The van der Waals surface area contributed by atoms with Gasteiger partial charge in [0, 0.05) is 5.56 Å². The van der Waals surface area contributed by atoms with Crippen LogP contribution in [0.5, 0.6) is 11.5 Å². The van der Waals surface area contributed by atoms with Gasteiger partial charge < -0.3 is 14.2 Å². The molecule has 1 aliphatic heterocycles. The Bertz CT molecular complexity index is 814. The molecular weight excluding hydrogens is 295 g/mol. The molecule has 2 aromatic rings. The number of hydrogen-bond donors (Lipinski definition) is 1. The largest absolute Gasteiger partial charge is 0.493 e. The van der Waals surface area contributed by atoms with Gasteiger partial charge in [-0.2, -0.15) is 4.39 Å². The number of para-hydroxylation sites is 1. The highest BCUT2D eigenvalue weighted by molar-refractivity contribution is 5.46. The number of aromatic nitrogens is 2. The van der Waals surface area contributed by atoms with Gasteiger partial charge in [0.15, 0.2) is 17.7 Å². The molecule has 0 amide bonds. The second kappa shape index (κ2) is 5.64. The first-order chi connectivity index (χ1) is 10.6. The Labute approximate surface area is 123 Å². The minimum absolute atomic E-state index is 0.0290. The van der Waals surface area contributed by atoms with Crippen LogP contribution in [-0.4, -0.2) is 23.3 Å². The van der Waals surface area contributed by atoms with Crippen LogP contribution in [0.2, 0.25) is 0 Å². The Hall–Kier alpha value is -2.61. The van der Waals surface area contributed by atoms with Crippen LogP contribution in [0.4, 0.5) is 4.39 Å². The molecular formula is C14H13FN2O5. The third-order valence-electron chi connectivity index (χ3n) is 3.32. The van der Waals surface area contributed by atoms with Crippen LogP contribution < -0.4 is 20.7 Å². The highest BCUT2D eigenvalue weighted by atomic mass is 19.1. The van der Waals surface area contributed by atoms with E-state index in [4.69, 9.17) is 14.2 Å². The first kappa shape index (κ1) is 14.3. The van der Waals surface area contributed by atoms with Gasteiger partial charge in [0.1, 0.15) is 6.61 Å². The normalized spacial score (nSPS) is 17.3. The zero-order chi connectivity index (χ0) is 15.7. The van der Waals surface area contributed by atoms with Crippen LogP contribution >= 0.6 is 0 Å². The van der Waals surface area contributed by atoms with E-state index < -0.39 is 23.3 Å². The molecule has 1 aliphatic rings. The van der Waals surface area contributed by atoms with Crippen molar-refractivity contribution in [2.75, 3.05) is 13.7 Å². The number of fused-ring (bicyclic) bond motifs is 1. The molecule has 8 heteroatoms. The molecule has 0 radical (unpaired) electrons. The lowest BCUT2D eigenvalue weighted by Crippen LogP contribution is -2.36. The van der Waals surface area contributed by atoms with Gasteiger partial charge >= 0.3 is 5.69 Å². The monoisotopic (exact) mass is 308 g/mol. The molecule has 0 fully saturated rings. The van der Waals surface area contributed by atoms with Crippen LogP contribution in [0.1, 0.15) is 11.8 Å². The molecule has 22 heavy (non-hydrogen) atoms. The lowest BCUT2D eigenvalue weighted by atomic mass is 10.2. The maximum Gasteiger partial charge on any atom is 0.330 e. The Balaban J connectivity index is 1.94. The summed E-state index contributed by atoms with van der Waals surface area (Å²) >= 11 is 0. The van der Waals surface area contributed by atoms with Crippen molar-refractivity contribution in [3.63, 3.8) is 0 Å². The average Bonchev–Trinajstić information content (AvgIpc) is 2.73. The molecule has 0 saturated carbocycles. The second-order valence-corrected chi connectivity index (χ2v) is 4.67. The van der Waals surface area contributed by atoms with Gasteiger partial charge in [-0.3, -0.25) is 14.3 Å². The van der Waals surface area contributed by atoms with E-state index in [1.54, 1.807) is 18.2 Å². The smallest absolute Gasteiger partial charge is 0.330 e. The zero-order valence-electron chi connectivity index (χ0n) is 11.7. The molecule has 0 saturated heterocycles. The molecule has 1 aromatic heterocycles. The molecule has 3 rings (SSSR count). The van der Waals surface area contributed by atoms with E-state index in [9.17, 15) is 14.0 Å². The average molecular weight is 308 g/mol. The van der Waals surface area contributed by atoms with Crippen molar-refractivity contribution in [1.82, 2.24) is 9.55 Å². The van der Waals surface area contributed by atoms with Crippen molar-refractivity contribution in [3.05, 3.63) is 56.6 Å². The highest BCUT2D eigenvalue weighted by Gasteiger charge is 2.23. The van der Waals surface area contributed by atoms with E-state index in [1.165, 1.54) is 7.11 Å². The number of halogens is 1. The standard InChI is InChI=1S/C14H13FN2O5/c1-20-10-4-2-3-8-6-21-11(7-22-12(8)10)17-5-9(15)13(18)16-14(17)19/h2-5,11H,6-7H2,1H3,(H,16,18,19)/t11-/m1/s1. The number of nitrogens with one attached hydrogen (secondary N) is 1. The fourth-order valence-electron chi connectivity index (χ4n) is 2.22. The zero-order valence-corrected chi connectivity index (χ0v) is 11.7. The lowest BCUT2D eigenvalue weighted by Gasteiger charge is -2.17. The van der Waals surface area contributed by atoms with E-state index in [0.29, 0.717) is 11.5 Å².